The topological polar surface area (TPSA) is 93.2 Å². The number of esters is 1. The van der Waals surface area contributed by atoms with Crippen LogP contribution in [-0.4, -0.2) is 47.2 Å². The molecule has 2 atom stereocenters. The second kappa shape index (κ2) is 13.6. The predicted octanol–water partition coefficient (Wildman–Crippen LogP) is 8.01. The highest BCUT2D eigenvalue weighted by molar-refractivity contribution is 6.05. The lowest BCUT2D eigenvalue weighted by Crippen LogP contribution is -2.43. The van der Waals surface area contributed by atoms with E-state index >= 15 is 0 Å². The van der Waals surface area contributed by atoms with Gasteiger partial charge in [0.05, 0.1) is 23.7 Å². The average molecular weight is 691 g/mol. The first-order valence-electron chi connectivity index (χ1n) is 14.7. The number of carbonyl (C=O) groups excluding carboxylic acids is 2. The van der Waals surface area contributed by atoms with Crippen LogP contribution in [0.5, 0.6) is 0 Å². The molecule has 2 N–H and O–H groups in total. The molecular weight excluding hydrogens is 664 g/mol. The molecule has 15 heteroatoms. The number of nitrogens with zero attached hydrogens (tertiary/aromatic N) is 2. The Morgan fingerprint density at radius 2 is 1.53 bits per heavy atom. The smallest absolute Gasteiger partial charge is 0.417 e. The average Bonchev–Trinajstić information content (AvgIpc) is 3.05. The van der Waals surface area contributed by atoms with Crippen molar-refractivity contribution in [3.63, 3.8) is 0 Å². The summed E-state index contributed by atoms with van der Waals surface area (Å²) in [5, 5.41) is 4.93. The van der Waals surface area contributed by atoms with Gasteiger partial charge in [0, 0.05) is 46.4 Å². The molecule has 0 aliphatic rings. The molecule has 5 aromatic rings. The van der Waals surface area contributed by atoms with Gasteiger partial charge in [0.15, 0.2) is 0 Å². The van der Waals surface area contributed by atoms with Crippen LogP contribution in [0.1, 0.15) is 34.8 Å². The second-order valence-corrected chi connectivity index (χ2v) is 10.9. The van der Waals surface area contributed by atoms with Gasteiger partial charge < -0.3 is 15.4 Å². The summed E-state index contributed by atoms with van der Waals surface area (Å²) in [4.78, 5) is 34.4. The molecule has 0 fully saturated rings. The highest BCUT2D eigenvalue weighted by Gasteiger charge is 2.39. The minimum absolute atomic E-state index is 0.0746. The van der Waals surface area contributed by atoms with Crippen LogP contribution in [0.15, 0.2) is 73.1 Å². The summed E-state index contributed by atoms with van der Waals surface area (Å²) in [6.45, 7) is 1.22. The summed E-state index contributed by atoms with van der Waals surface area (Å²) in [5.41, 5.74) is -2.31. The molecule has 0 aliphatic heterocycles. The number of ether oxygens (including phenoxy) is 1. The van der Waals surface area contributed by atoms with Crippen molar-refractivity contribution in [1.82, 2.24) is 15.3 Å². The van der Waals surface area contributed by atoms with Gasteiger partial charge in [-0.25, -0.2) is 13.6 Å². The molecule has 256 valence electrons. The van der Waals surface area contributed by atoms with E-state index in [0.717, 1.165) is 13.2 Å². The molecule has 0 bridgehead atoms. The zero-order valence-corrected chi connectivity index (χ0v) is 25.6. The van der Waals surface area contributed by atoms with Crippen molar-refractivity contribution in [3.05, 3.63) is 101 Å². The zero-order valence-electron chi connectivity index (χ0n) is 25.6. The first kappa shape index (κ1) is 35.0. The normalized spacial score (nSPS) is 13.3. The first-order chi connectivity index (χ1) is 23.1. The Hall–Kier alpha value is -5.34. The molecular formula is C34H26F8N4O3. The largest absolute Gasteiger partial charge is 0.467 e. The number of hydrogen-bond donors (Lipinski definition) is 2. The molecule has 0 saturated carbocycles. The van der Waals surface area contributed by atoms with Crippen LogP contribution in [0, 0.1) is 11.6 Å². The summed E-state index contributed by atoms with van der Waals surface area (Å²) in [6, 6.07) is 8.67. The van der Waals surface area contributed by atoms with E-state index in [-0.39, 0.29) is 28.6 Å². The second-order valence-electron chi connectivity index (χ2n) is 10.9. The maximum absolute atomic E-state index is 15.0. The number of halogens is 8. The number of fused-ring (bicyclic) bond motifs is 2. The summed E-state index contributed by atoms with van der Waals surface area (Å²) >= 11 is 0. The third-order valence-corrected chi connectivity index (χ3v) is 7.84. The van der Waals surface area contributed by atoms with Gasteiger partial charge in [0.25, 0.3) is 5.91 Å². The molecule has 0 radical (unpaired) electrons. The van der Waals surface area contributed by atoms with Crippen LogP contribution in [0.2, 0.25) is 0 Å². The molecule has 3 aromatic carbocycles. The number of hydrogen-bond acceptors (Lipinski definition) is 6. The summed E-state index contributed by atoms with van der Waals surface area (Å²) in [6.07, 6.45) is -7.54. The van der Waals surface area contributed by atoms with Gasteiger partial charge in [0.2, 0.25) is 0 Å². The van der Waals surface area contributed by atoms with Gasteiger partial charge in [0.1, 0.15) is 29.3 Å². The van der Waals surface area contributed by atoms with Crippen molar-refractivity contribution in [2.45, 2.75) is 44.2 Å². The van der Waals surface area contributed by atoms with Gasteiger partial charge >= 0.3 is 18.3 Å². The fourth-order valence-corrected chi connectivity index (χ4v) is 5.54. The number of pyridine rings is 2. The lowest BCUT2D eigenvalue weighted by molar-refractivity contribution is -0.143. The summed E-state index contributed by atoms with van der Waals surface area (Å²) in [7, 11) is 1.00. The number of benzene rings is 3. The Kier molecular flexibility index (Phi) is 9.74. The van der Waals surface area contributed by atoms with Crippen LogP contribution in [-0.2, 0) is 22.1 Å². The number of nitrogens with one attached hydrogen (secondary N) is 2. The monoisotopic (exact) mass is 690 g/mol. The van der Waals surface area contributed by atoms with E-state index in [1.54, 1.807) is 18.2 Å². The molecule has 0 unspecified atom stereocenters. The van der Waals surface area contributed by atoms with Crippen molar-refractivity contribution in [1.29, 1.82) is 0 Å². The Morgan fingerprint density at radius 1 is 0.878 bits per heavy atom. The summed E-state index contributed by atoms with van der Waals surface area (Å²) in [5.74, 6) is -5.43. The fraction of sp³-hybridized carbons (Fsp3) is 0.235. The third-order valence-electron chi connectivity index (χ3n) is 7.84. The maximum atomic E-state index is 15.0. The number of alkyl halides is 6. The third kappa shape index (κ3) is 7.25. The maximum Gasteiger partial charge on any atom is 0.417 e. The predicted molar refractivity (Wildman–Crippen MR) is 165 cm³/mol. The summed E-state index contributed by atoms with van der Waals surface area (Å²) < 4.78 is 117. The Balaban J connectivity index is 1.51. The SMILES string of the molecule is CC[C@@H](Nc1cc(F)c(C(=O)N[C@@H](Cc2ccc(-c3c(C(F)(F)F)ccc4cccnc34)c3ncccc23)C(=O)OC)c(F)c1)C(F)(F)F. The van der Waals surface area contributed by atoms with Crippen molar-refractivity contribution in [3.8, 4) is 11.1 Å². The Morgan fingerprint density at radius 3 is 2.14 bits per heavy atom. The standard InChI is InChI=1S/C34H26F8N4O3/c1-3-26(34(40,41)42)45-19-15-23(35)28(24(36)16-19)31(47)46-25(32(48)49-2)14-18-8-10-21(30-20(18)7-5-13-44-30)27-22(33(37,38)39)11-9-17-6-4-12-43-29(17)27/h4-13,15-16,25-26,45H,3,14H2,1-2H3,(H,46,47)/t25-,26+/m0/s1. The van der Waals surface area contributed by atoms with E-state index in [2.05, 4.69) is 15.3 Å². The number of carbonyl (C=O) groups is 2. The molecule has 7 nitrogen and oxygen atoms in total. The van der Waals surface area contributed by atoms with Crippen molar-refractivity contribution in [2.24, 2.45) is 0 Å². The van der Waals surface area contributed by atoms with Gasteiger partial charge in [-0.1, -0.05) is 37.3 Å². The number of anilines is 1. The minimum atomic E-state index is -4.75. The van der Waals surface area contributed by atoms with Gasteiger partial charge in [-0.3, -0.25) is 14.8 Å². The highest BCUT2D eigenvalue weighted by Crippen LogP contribution is 2.43. The molecule has 0 spiro atoms. The van der Waals surface area contributed by atoms with Gasteiger partial charge in [-0.2, -0.15) is 26.3 Å². The molecule has 49 heavy (non-hydrogen) atoms. The van der Waals surface area contributed by atoms with E-state index in [9.17, 15) is 44.7 Å². The van der Waals surface area contributed by atoms with E-state index < -0.39 is 71.2 Å². The lowest BCUT2D eigenvalue weighted by Gasteiger charge is -2.22. The van der Waals surface area contributed by atoms with Gasteiger partial charge in [-0.15, -0.1) is 0 Å². The fourth-order valence-electron chi connectivity index (χ4n) is 5.54. The van der Waals surface area contributed by atoms with Crippen molar-refractivity contribution in [2.75, 3.05) is 12.4 Å². The van der Waals surface area contributed by atoms with E-state index in [1.807, 2.05) is 5.32 Å². The molecule has 0 saturated heterocycles. The van der Waals surface area contributed by atoms with Crippen LogP contribution >= 0.6 is 0 Å². The van der Waals surface area contributed by atoms with Crippen LogP contribution < -0.4 is 10.6 Å². The van der Waals surface area contributed by atoms with Gasteiger partial charge in [-0.05, 0) is 42.3 Å². The van der Waals surface area contributed by atoms with E-state index in [1.165, 1.54) is 43.6 Å². The molecule has 5 rings (SSSR count). The van der Waals surface area contributed by atoms with Crippen LogP contribution in [0.25, 0.3) is 32.9 Å². The first-order valence-corrected chi connectivity index (χ1v) is 14.7. The van der Waals surface area contributed by atoms with Crippen molar-refractivity contribution < 1.29 is 49.4 Å². The molecule has 2 heterocycles. The Labute approximate surface area is 273 Å². The Bertz CT molecular complexity index is 2030. The number of aromatic nitrogens is 2. The molecule has 2 aromatic heterocycles. The molecule has 1 amide bonds. The quantitative estimate of drug-likeness (QED) is 0.120. The molecule has 0 aliphatic carbocycles. The van der Waals surface area contributed by atoms with E-state index in [0.29, 0.717) is 28.5 Å². The number of rotatable bonds is 9. The lowest BCUT2D eigenvalue weighted by atomic mass is 9.91. The number of amides is 1. The highest BCUT2D eigenvalue weighted by atomic mass is 19.4. The van der Waals surface area contributed by atoms with Crippen LogP contribution in [0.4, 0.5) is 40.8 Å². The zero-order chi connectivity index (χ0) is 35.7. The van der Waals surface area contributed by atoms with Crippen molar-refractivity contribution >= 4 is 39.4 Å². The van der Waals surface area contributed by atoms with Crippen LogP contribution in [0.3, 0.4) is 0 Å². The number of methoxy groups -OCH3 is 1. The van der Waals surface area contributed by atoms with E-state index in [4.69, 9.17) is 4.74 Å². The minimum Gasteiger partial charge on any atom is -0.467 e.